The molecule has 1 saturated heterocycles. The first-order valence-corrected chi connectivity index (χ1v) is 15.7. The smallest absolute Gasteiger partial charge is 0.416 e. The lowest BCUT2D eigenvalue weighted by atomic mass is 10.0. The highest BCUT2D eigenvalue weighted by molar-refractivity contribution is 7.89. The van der Waals surface area contributed by atoms with Crippen LogP contribution in [0.5, 0.6) is 5.75 Å². The summed E-state index contributed by atoms with van der Waals surface area (Å²) in [6, 6.07) is 14.4. The number of sulfonamides is 1. The van der Waals surface area contributed by atoms with Crippen LogP contribution in [0.15, 0.2) is 77.7 Å². The van der Waals surface area contributed by atoms with Crippen molar-refractivity contribution in [3.05, 3.63) is 89.5 Å². The Balaban J connectivity index is 1.53. The number of amides is 3. The van der Waals surface area contributed by atoms with Gasteiger partial charge in [-0.25, -0.2) is 18.0 Å². The molecule has 46 heavy (non-hydrogen) atoms. The molecule has 0 spiro atoms. The van der Waals surface area contributed by atoms with Gasteiger partial charge in [-0.1, -0.05) is 38.1 Å². The second-order valence-electron chi connectivity index (χ2n) is 10.9. The number of ether oxygens (including phenoxy) is 1. The highest BCUT2D eigenvalue weighted by Gasteiger charge is 2.42. The van der Waals surface area contributed by atoms with Gasteiger partial charge in [-0.05, 0) is 65.6 Å². The van der Waals surface area contributed by atoms with Gasteiger partial charge in [-0.3, -0.25) is 4.79 Å². The first kappa shape index (κ1) is 34.2. The third-order valence-electron chi connectivity index (χ3n) is 7.29. The second kappa shape index (κ2) is 14.2. The molecule has 4 rings (SSSR count). The molecule has 0 bridgehead atoms. The second-order valence-corrected chi connectivity index (χ2v) is 12.7. The summed E-state index contributed by atoms with van der Waals surface area (Å²) in [5.74, 6) is -1.28. The van der Waals surface area contributed by atoms with Crippen LogP contribution in [-0.4, -0.2) is 72.9 Å². The van der Waals surface area contributed by atoms with Crippen LogP contribution in [0.25, 0.3) is 0 Å². The fourth-order valence-corrected chi connectivity index (χ4v) is 6.28. The van der Waals surface area contributed by atoms with Gasteiger partial charge in [0.15, 0.2) is 6.61 Å². The third kappa shape index (κ3) is 8.54. The molecule has 3 N–H and O–H groups in total. The number of aliphatic carboxylic acids is 1. The maximum absolute atomic E-state index is 13.6. The fraction of sp³-hybridized carbons (Fsp3) is 0.323. The van der Waals surface area contributed by atoms with Gasteiger partial charge in [-0.2, -0.15) is 17.5 Å². The molecule has 0 aromatic heterocycles. The lowest BCUT2D eigenvalue weighted by Gasteiger charge is -2.39. The van der Waals surface area contributed by atoms with Gasteiger partial charge in [0.2, 0.25) is 15.9 Å². The molecule has 0 unspecified atom stereocenters. The van der Waals surface area contributed by atoms with Gasteiger partial charge in [0.25, 0.3) is 0 Å². The van der Waals surface area contributed by atoms with E-state index in [0.29, 0.717) is 23.7 Å². The standard InChI is InChI=1S/C31H33F3N4O7S/c1-20(2)22-5-3-21(4-6-22)17-35-29(41)27-18-37(30(42)36-24-9-11-25(12-10-24)45-19-28(39)40)15-16-38(27)46(43,44)26-13-7-23(8-14-26)31(32,33)34/h3-14,20,27H,15-19H2,1-2H3,(H,35,41)(H,36,42)(H,39,40)/t27-/m1/s1. The molecule has 11 nitrogen and oxygen atoms in total. The summed E-state index contributed by atoms with van der Waals surface area (Å²) >= 11 is 0. The topological polar surface area (TPSA) is 145 Å². The molecule has 1 heterocycles. The maximum Gasteiger partial charge on any atom is 0.416 e. The number of carboxylic acid groups (broad SMARTS) is 1. The van der Waals surface area contributed by atoms with Gasteiger partial charge in [0.05, 0.1) is 10.5 Å². The summed E-state index contributed by atoms with van der Waals surface area (Å²) in [5.41, 5.74) is 1.17. The fourth-order valence-electron chi connectivity index (χ4n) is 4.71. The number of hydrogen-bond acceptors (Lipinski definition) is 6. The van der Waals surface area contributed by atoms with Gasteiger partial charge < -0.3 is 25.4 Å². The molecule has 0 saturated carbocycles. The van der Waals surface area contributed by atoms with E-state index in [0.717, 1.165) is 27.6 Å². The van der Waals surface area contributed by atoms with Crippen LogP contribution in [0.4, 0.5) is 23.7 Å². The van der Waals surface area contributed by atoms with Crippen molar-refractivity contribution in [2.75, 3.05) is 31.6 Å². The van der Waals surface area contributed by atoms with Gasteiger partial charge in [0, 0.05) is 31.9 Å². The van der Waals surface area contributed by atoms with Crippen molar-refractivity contribution in [3.63, 3.8) is 0 Å². The van der Waals surface area contributed by atoms with E-state index in [1.807, 2.05) is 38.1 Å². The molecular formula is C31H33F3N4O7S. The Labute approximate surface area is 264 Å². The number of carbonyl (C=O) groups is 3. The molecule has 1 atom stereocenters. The number of piperazine rings is 1. The number of nitrogens with one attached hydrogen (secondary N) is 2. The number of urea groups is 1. The largest absolute Gasteiger partial charge is 0.482 e. The highest BCUT2D eigenvalue weighted by atomic mass is 32.2. The monoisotopic (exact) mass is 662 g/mol. The van der Waals surface area contributed by atoms with Crippen molar-refractivity contribution < 1.29 is 45.8 Å². The van der Waals surface area contributed by atoms with Gasteiger partial charge in [0.1, 0.15) is 11.8 Å². The SMILES string of the molecule is CC(C)c1ccc(CNC(=O)[C@H]2CN(C(=O)Nc3ccc(OCC(=O)O)cc3)CCN2S(=O)(=O)c2ccc(C(F)(F)F)cc2)cc1. The summed E-state index contributed by atoms with van der Waals surface area (Å²) < 4.78 is 72.5. The third-order valence-corrected chi connectivity index (χ3v) is 9.21. The van der Waals surface area contributed by atoms with Crippen LogP contribution in [0.2, 0.25) is 0 Å². The van der Waals surface area contributed by atoms with Crippen LogP contribution in [-0.2, 0) is 32.3 Å². The van der Waals surface area contributed by atoms with E-state index in [1.54, 1.807) is 0 Å². The van der Waals surface area contributed by atoms with Crippen molar-refractivity contribution in [3.8, 4) is 5.75 Å². The Morgan fingerprint density at radius 1 is 0.957 bits per heavy atom. The van der Waals surface area contributed by atoms with E-state index in [1.165, 1.54) is 29.2 Å². The molecule has 1 fully saturated rings. The van der Waals surface area contributed by atoms with Gasteiger partial charge >= 0.3 is 18.2 Å². The predicted molar refractivity (Wildman–Crippen MR) is 162 cm³/mol. The lowest BCUT2D eigenvalue weighted by molar-refractivity contribution is -0.139. The highest BCUT2D eigenvalue weighted by Crippen LogP contribution is 2.31. The minimum atomic E-state index is -4.66. The van der Waals surface area contributed by atoms with E-state index in [9.17, 15) is 36.0 Å². The average Bonchev–Trinajstić information content (AvgIpc) is 3.02. The number of benzene rings is 3. The number of carboxylic acids is 1. The molecule has 0 aliphatic carbocycles. The molecule has 1 aliphatic rings. The molecule has 0 radical (unpaired) electrons. The molecule has 3 amide bonds. The Hall–Kier alpha value is -4.63. The van der Waals surface area contributed by atoms with E-state index >= 15 is 0 Å². The van der Waals surface area contributed by atoms with Crippen molar-refractivity contribution in [2.45, 2.75) is 43.4 Å². The molecule has 15 heteroatoms. The number of hydrogen-bond donors (Lipinski definition) is 3. The normalized spacial score (nSPS) is 15.8. The Kier molecular flexibility index (Phi) is 10.6. The number of rotatable bonds is 10. The maximum atomic E-state index is 13.6. The van der Waals surface area contributed by atoms with E-state index < -0.39 is 57.2 Å². The minimum absolute atomic E-state index is 0.0738. The van der Waals surface area contributed by atoms with Crippen molar-refractivity contribution in [2.24, 2.45) is 0 Å². The first-order valence-electron chi connectivity index (χ1n) is 14.2. The van der Waals surface area contributed by atoms with Crippen molar-refractivity contribution in [1.29, 1.82) is 0 Å². The molecule has 246 valence electrons. The zero-order chi connectivity index (χ0) is 33.6. The van der Waals surface area contributed by atoms with Crippen LogP contribution in [0.1, 0.15) is 36.5 Å². The number of alkyl halides is 3. The van der Waals surface area contributed by atoms with Crippen molar-refractivity contribution in [1.82, 2.24) is 14.5 Å². The van der Waals surface area contributed by atoms with Crippen molar-refractivity contribution >= 4 is 33.6 Å². The Morgan fingerprint density at radius 2 is 1.59 bits per heavy atom. The Morgan fingerprint density at radius 3 is 2.15 bits per heavy atom. The quantitative estimate of drug-likeness (QED) is 0.290. The first-order chi connectivity index (χ1) is 21.6. The summed E-state index contributed by atoms with van der Waals surface area (Å²) in [5, 5.41) is 14.1. The molecule has 3 aromatic rings. The number of carbonyl (C=O) groups excluding carboxylic acids is 2. The summed E-state index contributed by atoms with van der Waals surface area (Å²) in [4.78, 5) is 38.2. The number of nitrogens with zero attached hydrogens (tertiary/aromatic N) is 2. The molecule has 1 aliphatic heterocycles. The average molecular weight is 663 g/mol. The van der Waals surface area contributed by atoms with Crippen LogP contribution in [0.3, 0.4) is 0 Å². The Bertz CT molecular complexity index is 1650. The zero-order valence-electron chi connectivity index (χ0n) is 25.0. The predicted octanol–water partition coefficient (Wildman–Crippen LogP) is 4.52. The lowest BCUT2D eigenvalue weighted by Crippen LogP contribution is -2.61. The summed E-state index contributed by atoms with van der Waals surface area (Å²) in [6.07, 6.45) is -4.66. The van der Waals surface area contributed by atoms with Crippen LogP contribution < -0.4 is 15.4 Å². The van der Waals surface area contributed by atoms with Crippen LogP contribution >= 0.6 is 0 Å². The van der Waals surface area contributed by atoms with E-state index in [4.69, 9.17) is 9.84 Å². The summed E-state index contributed by atoms with van der Waals surface area (Å²) in [6.45, 7) is 2.84. The number of anilines is 1. The van der Waals surface area contributed by atoms with E-state index in [-0.39, 0.29) is 31.9 Å². The summed E-state index contributed by atoms with van der Waals surface area (Å²) in [7, 11) is -4.45. The molecule has 3 aromatic carbocycles. The van der Waals surface area contributed by atoms with Gasteiger partial charge in [-0.15, -0.1) is 0 Å². The minimum Gasteiger partial charge on any atom is -0.482 e. The van der Waals surface area contributed by atoms with E-state index in [2.05, 4.69) is 10.6 Å². The zero-order valence-corrected chi connectivity index (χ0v) is 25.8. The molecular weight excluding hydrogens is 629 g/mol. The van der Waals surface area contributed by atoms with Crippen LogP contribution in [0, 0.1) is 0 Å². The number of halogens is 3.